The first-order chi connectivity index (χ1) is 17.8. The van der Waals surface area contributed by atoms with Gasteiger partial charge in [-0.15, -0.1) is 0 Å². The van der Waals surface area contributed by atoms with Gasteiger partial charge in [0.25, 0.3) is 5.91 Å². The van der Waals surface area contributed by atoms with E-state index in [0.29, 0.717) is 40.9 Å². The molecule has 9 nitrogen and oxygen atoms in total. The maximum Gasteiger partial charge on any atom is 0.277 e. The highest BCUT2D eigenvalue weighted by molar-refractivity contribution is 6.12. The highest BCUT2D eigenvalue weighted by atomic mass is 16.5. The fourth-order valence-electron chi connectivity index (χ4n) is 4.67. The van der Waals surface area contributed by atoms with Gasteiger partial charge in [-0.25, -0.2) is 0 Å². The zero-order valence-electron chi connectivity index (χ0n) is 21.1. The fourth-order valence-corrected chi connectivity index (χ4v) is 4.67. The number of anilines is 1. The minimum absolute atomic E-state index is 0.129. The molecule has 5 rings (SSSR count). The Labute approximate surface area is 214 Å². The molecular weight excluding hydrogens is 472 g/mol. The van der Waals surface area contributed by atoms with E-state index in [2.05, 4.69) is 10.4 Å². The molecule has 0 bridgehead atoms. The van der Waals surface area contributed by atoms with Crippen molar-refractivity contribution < 1.29 is 23.5 Å². The van der Waals surface area contributed by atoms with E-state index in [1.165, 1.54) is 12.0 Å². The van der Waals surface area contributed by atoms with Gasteiger partial charge in [0.2, 0.25) is 5.91 Å². The van der Waals surface area contributed by atoms with Gasteiger partial charge < -0.3 is 19.2 Å². The van der Waals surface area contributed by atoms with E-state index in [0.717, 1.165) is 11.1 Å². The molecule has 1 aliphatic heterocycles. The quantitative estimate of drug-likeness (QED) is 0.408. The first kappa shape index (κ1) is 24.2. The third-order valence-electron chi connectivity index (χ3n) is 6.58. The van der Waals surface area contributed by atoms with E-state index < -0.39 is 5.54 Å². The van der Waals surface area contributed by atoms with Gasteiger partial charge in [-0.1, -0.05) is 29.8 Å². The molecule has 0 fully saturated rings. The molecule has 2 aromatic heterocycles. The second kappa shape index (κ2) is 9.50. The smallest absolute Gasteiger partial charge is 0.277 e. The van der Waals surface area contributed by atoms with E-state index >= 15 is 0 Å². The number of hydrogen-bond acceptors (Lipinski definition) is 6. The molecule has 0 radical (unpaired) electrons. The van der Waals surface area contributed by atoms with Crippen LogP contribution in [0.2, 0.25) is 0 Å². The number of carbonyl (C=O) groups excluding carboxylic acids is 2. The van der Waals surface area contributed by atoms with Crippen molar-refractivity contribution in [2.75, 3.05) is 19.1 Å². The molecule has 3 heterocycles. The molecule has 0 saturated carbocycles. The summed E-state index contributed by atoms with van der Waals surface area (Å²) in [5.74, 6) is 0.813. The summed E-state index contributed by atoms with van der Waals surface area (Å²) >= 11 is 0. The second-order valence-corrected chi connectivity index (χ2v) is 9.17. The van der Waals surface area contributed by atoms with E-state index in [1.54, 1.807) is 61.4 Å². The lowest BCUT2D eigenvalue weighted by molar-refractivity contribution is -0.126. The van der Waals surface area contributed by atoms with Gasteiger partial charge >= 0.3 is 0 Å². The Morgan fingerprint density at radius 2 is 1.95 bits per heavy atom. The van der Waals surface area contributed by atoms with E-state index in [1.807, 2.05) is 31.2 Å². The van der Waals surface area contributed by atoms with E-state index in [-0.39, 0.29) is 18.4 Å². The Morgan fingerprint density at radius 3 is 2.65 bits per heavy atom. The van der Waals surface area contributed by atoms with Crippen molar-refractivity contribution in [1.29, 1.82) is 0 Å². The number of hydrogen-bond donors (Lipinski definition) is 1. The number of aryl methyl sites for hydroxylation is 1. The van der Waals surface area contributed by atoms with Crippen LogP contribution in [0.3, 0.4) is 0 Å². The molecule has 2 aromatic carbocycles. The van der Waals surface area contributed by atoms with Gasteiger partial charge in [0.1, 0.15) is 28.4 Å². The first-order valence-corrected chi connectivity index (χ1v) is 11.9. The van der Waals surface area contributed by atoms with Crippen molar-refractivity contribution in [1.82, 2.24) is 15.1 Å². The highest BCUT2D eigenvalue weighted by Crippen LogP contribution is 2.40. The van der Waals surface area contributed by atoms with Crippen LogP contribution in [0.5, 0.6) is 11.5 Å². The lowest BCUT2D eigenvalue weighted by atomic mass is 9.93. The summed E-state index contributed by atoms with van der Waals surface area (Å²) < 4.78 is 18.0. The monoisotopic (exact) mass is 500 g/mol. The molecule has 1 N–H and O–H groups in total. The highest BCUT2D eigenvalue weighted by Gasteiger charge is 2.49. The van der Waals surface area contributed by atoms with Crippen molar-refractivity contribution in [3.8, 4) is 23.0 Å². The standard InChI is InChI=1S/C28H28N4O5/c1-18-7-5-8-19(13-18)16-29-27(34)28(2)17-31-23(15-21(30-31)24-9-6-12-37-24)26(33)32(28)22-11-10-20(35-3)14-25(22)36-4/h5-15H,16-17H2,1-4H3,(H,29,34)/t28-/m1/s1. The number of rotatable bonds is 7. The van der Waals surface area contributed by atoms with Crippen molar-refractivity contribution in [2.24, 2.45) is 0 Å². The number of carbonyl (C=O) groups is 2. The van der Waals surface area contributed by atoms with Crippen LogP contribution in [-0.2, 0) is 17.9 Å². The summed E-state index contributed by atoms with van der Waals surface area (Å²) in [4.78, 5) is 29.4. The topological polar surface area (TPSA) is 98.8 Å². The van der Waals surface area contributed by atoms with Crippen molar-refractivity contribution >= 4 is 17.5 Å². The van der Waals surface area contributed by atoms with Gasteiger partial charge in [-0.3, -0.25) is 19.2 Å². The maximum atomic E-state index is 14.0. The number of benzene rings is 2. The SMILES string of the molecule is COc1ccc(N2C(=O)c3cc(-c4ccco4)nn3C[C@]2(C)C(=O)NCc2cccc(C)c2)c(OC)c1. The van der Waals surface area contributed by atoms with Crippen LogP contribution >= 0.6 is 0 Å². The predicted octanol–water partition coefficient (Wildman–Crippen LogP) is 4.20. The number of nitrogens with one attached hydrogen (secondary N) is 1. The molecule has 1 aliphatic rings. The van der Waals surface area contributed by atoms with Gasteiger partial charge in [0.15, 0.2) is 5.76 Å². The van der Waals surface area contributed by atoms with Crippen LogP contribution in [0, 0.1) is 6.92 Å². The lowest BCUT2D eigenvalue weighted by Crippen LogP contribution is -2.64. The summed E-state index contributed by atoms with van der Waals surface area (Å²) in [6, 6.07) is 18.3. The molecule has 0 aliphatic carbocycles. The lowest BCUT2D eigenvalue weighted by Gasteiger charge is -2.43. The van der Waals surface area contributed by atoms with Crippen LogP contribution in [0.15, 0.2) is 71.3 Å². The average Bonchev–Trinajstić information content (AvgIpc) is 3.58. The van der Waals surface area contributed by atoms with Gasteiger partial charge in [0.05, 0.1) is 32.7 Å². The minimum atomic E-state index is -1.32. The summed E-state index contributed by atoms with van der Waals surface area (Å²) in [7, 11) is 3.07. The summed E-state index contributed by atoms with van der Waals surface area (Å²) in [5.41, 5.74) is 2.05. The summed E-state index contributed by atoms with van der Waals surface area (Å²) in [6.45, 7) is 4.18. The van der Waals surface area contributed by atoms with E-state index in [4.69, 9.17) is 13.9 Å². The molecular formula is C28H28N4O5. The molecule has 190 valence electrons. The number of ether oxygens (including phenoxy) is 2. The largest absolute Gasteiger partial charge is 0.497 e. The van der Waals surface area contributed by atoms with Crippen LogP contribution in [0.4, 0.5) is 5.69 Å². The summed E-state index contributed by atoms with van der Waals surface area (Å²) in [6.07, 6.45) is 1.55. The molecule has 37 heavy (non-hydrogen) atoms. The Hall–Kier alpha value is -4.53. The zero-order chi connectivity index (χ0) is 26.2. The maximum absolute atomic E-state index is 14.0. The predicted molar refractivity (Wildman–Crippen MR) is 138 cm³/mol. The normalized spacial score (nSPS) is 16.9. The van der Waals surface area contributed by atoms with E-state index in [9.17, 15) is 9.59 Å². The molecule has 0 spiro atoms. The molecule has 4 aromatic rings. The number of amides is 2. The Morgan fingerprint density at radius 1 is 1.11 bits per heavy atom. The van der Waals surface area contributed by atoms with Crippen LogP contribution in [-0.4, -0.2) is 41.4 Å². The zero-order valence-corrected chi connectivity index (χ0v) is 21.1. The Balaban J connectivity index is 1.58. The first-order valence-electron chi connectivity index (χ1n) is 11.9. The number of fused-ring (bicyclic) bond motifs is 1. The average molecular weight is 501 g/mol. The molecule has 0 saturated heterocycles. The third-order valence-corrected chi connectivity index (χ3v) is 6.58. The van der Waals surface area contributed by atoms with Gasteiger partial charge in [-0.2, -0.15) is 5.10 Å². The van der Waals surface area contributed by atoms with Gasteiger partial charge in [-0.05, 0) is 43.7 Å². The number of furan rings is 1. The third kappa shape index (κ3) is 4.33. The number of aromatic nitrogens is 2. The minimum Gasteiger partial charge on any atom is -0.497 e. The number of nitrogens with zero attached hydrogens (tertiary/aromatic N) is 3. The van der Waals surface area contributed by atoms with Crippen molar-refractivity contribution in [3.05, 3.63) is 83.7 Å². The van der Waals surface area contributed by atoms with Crippen LogP contribution in [0.25, 0.3) is 11.5 Å². The number of methoxy groups -OCH3 is 2. The van der Waals surface area contributed by atoms with Crippen molar-refractivity contribution in [2.45, 2.75) is 32.5 Å². The van der Waals surface area contributed by atoms with Crippen LogP contribution in [0.1, 0.15) is 28.5 Å². The fraction of sp³-hybridized carbons (Fsp3) is 0.250. The second-order valence-electron chi connectivity index (χ2n) is 9.17. The van der Waals surface area contributed by atoms with Crippen molar-refractivity contribution in [3.63, 3.8) is 0 Å². The molecule has 0 unspecified atom stereocenters. The summed E-state index contributed by atoms with van der Waals surface area (Å²) in [5, 5.41) is 7.62. The molecule has 1 atom stereocenters. The molecule has 9 heteroatoms. The van der Waals surface area contributed by atoms with Crippen LogP contribution < -0.4 is 19.7 Å². The molecule has 2 amide bonds. The Bertz CT molecular complexity index is 1460. The van der Waals surface area contributed by atoms with Gasteiger partial charge in [0, 0.05) is 18.7 Å². The Kier molecular flexibility index (Phi) is 6.20.